The van der Waals surface area contributed by atoms with E-state index in [0.717, 1.165) is 11.3 Å². The van der Waals surface area contributed by atoms with Crippen LogP contribution in [-0.2, 0) is 17.6 Å². The molecule has 0 amide bonds. The number of aryl methyl sites for hydroxylation is 1. The first-order chi connectivity index (χ1) is 10.2. The molecule has 1 fully saturated rings. The summed E-state index contributed by atoms with van der Waals surface area (Å²) in [6.45, 7) is 2.05. The van der Waals surface area contributed by atoms with E-state index in [1.807, 2.05) is 30.5 Å². The molecule has 0 saturated heterocycles. The summed E-state index contributed by atoms with van der Waals surface area (Å²) in [7, 11) is 0. The molecule has 2 aromatic rings. The van der Waals surface area contributed by atoms with Crippen LogP contribution < -0.4 is 0 Å². The second kappa shape index (κ2) is 6.25. The molecule has 3 nitrogen and oxygen atoms in total. The number of Topliss-reactive ketones (excluding diaryl/α,β-unsaturated/α-hetero) is 1. The Kier molecular flexibility index (Phi) is 4.18. The minimum Gasteiger partial charge on any atom is -0.299 e. The van der Waals surface area contributed by atoms with Crippen LogP contribution in [-0.4, -0.2) is 15.6 Å². The highest BCUT2D eigenvalue weighted by atomic mass is 16.1. The number of hydrogen-bond acceptors (Lipinski definition) is 2. The van der Waals surface area contributed by atoms with Crippen molar-refractivity contribution in [3.05, 3.63) is 53.3 Å². The predicted molar refractivity (Wildman–Crippen MR) is 83.3 cm³/mol. The molecule has 0 atom stereocenters. The summed E-state index contributed by atoms with van der Waals surface area (Å²) in [5.41, 5.74) is 3.21. The third-order valence-electron chi connectivity index (χ3n) is 4.39. The SMILES string of the molecule is Cc1ccccc1CC(=O)Cc1ccn(C2CCCC2)n1. The third-order valence-corrected chi connectivity index (χ3v) is 4.39. The summed E-state index contributed by atoms with van der Waals surface area (Å²) >= 11 is 0. The molecule has 21 heavy (non-hydrogen) atoms. The molecule has 1 aromatic heterocycles. The van der Waals surface area contributed by atoms with E-state index in [2.05, 4.69) is 22.8 Å². The zero-order valence-corrected chi connectivity index (χ0v) is 12.6. The fourth-order valence-electron chi connectivity index (χ4n) is 3.13. The number of rotatable bonds is 5. The normalized spacial score (nSPS) is 15.5. The number of hydrogen-bond donors (Lipinski definition) is 0. The third kappa shape index (κ3) is 3.41. The van der Waals surface area contributed by atoms with Crippen LogP contribution in [0.5, 0.6) is 0 Å². The second-order valence-corrected chi connectivity index (χ2v) is 6.04. The van der Waals surface area contributed by atoms with E-state index in [4.69, 9.17) is 0 Å². The summed E-state index contributed by atoms with van der Waals surface area (Å²) < 4.78 is 2.06. The molecule has 1 aliphatic carbocycles. The highest BCUT2D eigenvalue weighted by Crippen LogP contribution is 2.28. The number of carbonyl (C=O) groups excluding carboxylic acids is 1. The molecule has 3 heteroatoms. The first-order valence-corrected chi connectivity index (χ1v) is 7.82. The molecular weight excluding hydrogens is 260 g/mol. The molecule has 1 saturated carbocycles. The van der Waals surface area contributed by atoms with E-state index in [1.54, 1.807) is 0 Å². The standard InChI is InChI=1S/C18H22N2O/c1-14-6-2-3-7-15(14)12-18(21)13-16-10-11-20(19-16)17-8-4-5-9-17/h2-3,6-7,10-11,17H,4-5,8-9,12-13H2,1H3. The molecule has 1 aromatic carbocycles. The van der Waals surface area contributed by atoms with Gasteiger partial charge in [-0.05, 0) is 37.0 Å². The van der Waals surface area contributed by atoms with Gasteiger partial charge in [-0.1, -0.05) is 37.1 Å². The molecule has 0 unspecified atom stereocenters. The maximum atomic E-state index is 12.2. The average Bonchev–Trinajstić information content (AvgIpc) is 3.12. The van der Waals surface area contributed by atoms with Crippen LogP contribution in [0.1, 0.15) is 48.5 Å². The van der Waals surface area contributed by atoms with Crippen LogP contribution in [0.3, 0.4) is 0 Å². The Morgan fingerprint density at radius 2 is 1.95 bits per heavy atom. The molecular formula is C18H22N2O. The lowest BCUT2D eigenvalue weighted by Gasteiger charge is -2.08. The summed E-state index contributed by atoms with van der Waals surface area (Å²) in [4.78, 5) is 12.2. The molecule has 0 N–H and O–H groups in total. The number of carbonyl (C=O) groups is 1. The molecule has 0 spiro atoms. The molecule has 0 bridgehead atoms. The Labute approximate surface area is 126 Å². The van der Waals surface area contributed by atoms with Crippen molar-refractivity contribution >= 4 is 5.78 Å². The van der Waals surface area contributed by atoms with E-state index in [1.165, 1.54) is 31.2 Å². The Morgan fingerprint density at radius 1 is 1.19 bits per heavy atom. The zero-order chi connectivity index (χ0) is 14.7. The summed E-state index contributed by atoms with van der Waals surface area (Å²) in [6.07, 6.45) is 8.01. The van der Waals surface area contributed by atoms with Crippen molar-refractivity contribution < 1.29 is 4.79 Å². The number of aromatic nitrogens is 2. The number of nitrogens with zero attached hydrogens (tertiary/aromatic N) is 2. The lowest BCUT2D eigenvalue weighted by atomic mass is 10.0. The Hall–Kier alpha value is -1.90. The van der Waals surface area contributed by atoms with E-state index in [0.29, 0.717) is 18.9 Å². The van der Waals surface area contributed by atoms with Crippen molar-refractivity contribution in [3.63, 3.8) is 0 Å². The van der Waals surface area contributed by atoms with Gasteiger partial charge in [0.1, 0.15) is 5.78 Å². The molecule has 110 valence electrons. The topological polar surface area (TPSA) is 34.9 Å². The van der Waals surface area contributed by atoms with Crippen LogP contribution >= 0.6 is 0 Å². The van der Waals surface area contributed by atoms with Gasteiger partial charge in [-0.25, -0.2) is 0 Å². The Morgan fingerprint density at radius 3 is 2.71 bits per heavy atom. The van der Waals surface area contributed by atoms with Gasteiger partial charge in [0.2, 0.25) is 0 Å². The number of benzene rings is 1. The van der Waals surface area contributed by atoms with Gasteiger partial charge in [0.05, 0.1) is 18.2 Å². The van der Waals surface area contributed by atoms with Gasteiger partial charge in [-0.3, -0.25) is 9.48 Å². The lowest BCUT2D eigenvalue weighted by molar-refractivity contribution is -0.117. The lowest BCUT2D eigenvalue weighted by Crippen LogP contribution is -2.10. The van der Waals surface area contributed by atoms with Crippen LogP contribution in [0.4, 0.5) is 0 Å². The fourth-order valence-corrected chi connectivity index (χ4v) is 3.13. The zero-order valence-electron chi connectivity index (χ0n) is 12.6. The van der Waals surface area contributed by atoms with E-state index in [9.17, 15) is 4.79 Å². The highest BCUT2D eigenvalue weighted by Gasteiger charge is 2.18. The minimum atomic E-state index is 0.237. The highest BCUT2D eigenvalue weighted by molar-refractivity contribution is 5.83. The molecule has 3 rings (SSSR count). The number of ketones is 1. The quantitative estimate of drug-likeness (QED) is 0.839. The summed E-state index contributed by atoms with van der Waals surface area (Å²) in [6, 6.07) is 10.6. The maximum Gasteiger partial charge on any atom is 0.143 e. The van der Waals surface area contributed by atoms with Crippen LogP contribution in [0.2, 0.25) is 0 Å². The first-order valence-electron chi connectivity index (χ1n) is 7.82. The Bertz CT molecular complexity index is 624. The van der Waals surface area contributed by atoms with Gasteiger partial charge in [0.15, 0.2) is 0 Å². The van der Waals surface area contributed by atoms with Gasteiger partial charge in [-0.15, -0.1) is 0 Å². The molecule has 1 heterocycles. The van der Waals surface area contributed by atoms with Gasteiger partial charge < -0.3 is 0 Å². The van der Waals surface area contributed by atoms with E-state index in [-0.39, 0.29) is 5.78 Å². The van der Waals surface area contributed by atoms with Crippen molar-refractivity contribution in [3.8, 4) is 0 Å². The van der Waals surface area contributed by atoms with Gasteiger partial charge in [-0.2, -0.15) is 5.10 Å². The smallest absolute Gasteiger partial charge is 0.143 e. The van der Waals surface area contributed by atoms with Crippen molar-refractivity contribution in [1.82, 2.24) is 9.78 Å². The van der Waals surface area contributed by atoms with E-state index >= 15 is 0 Å². The van der Waals surface area contributed by atoms with Gasteiger partial charge >= 0.3 is 0 Å². The van der Waals surface area contributed by atoms with Gasteiger partial charge in [0, 0.05) is 12.6 Å². The fraction of sp³-hybridized carbons (Fsp3) is 0.444. The summed E-state index contributed by atoms with van der Waals surface area (Å²) in [5, 5.41) is 4.59. The monoisotopic (exact) mass is 282 g/mol. The van der Waals surface area contributed by atoms with Crippen LogP contribution in [0.25, 0.3) is 0 Å². The largest absolute Gasteiger partial charge is 0.299 e. The predicted octanol–water partition coefficient (Wildman–Crippen LogP) is 3.66. The summed E-state index contributed by atoms with van der Waals surface area (Å²) in [5.74, 6) is 0.237. The molecule has 0 radical (unpaired) electrons. The molecule has 0 aliphatic heterocycles. The van der Waals surface area contributed by atoms with Gasteiger partial charge in [0.25, 0.3) is 0 Å². The Balaban J connectivity index is 1.61. The van der Waals surface area contributed by atoms with E-state index < -0.39 is 0 Å². The van der Waals surface area contributed by atoms with Crippen molar-refractivity contribution in [2.24, 2.45) is 0 Å². The van der Waals surface area contributed by atoms with Crippen molar-refractivity contribution in [2.75, 3.05) is 0 Å². The van der Waals surface area contributed by atoms with Crippen molar-refractivity contribution in [2.45, 2.75) is 51.5 Å². The van der Waals surface area contributed by atoms with Crippen LogP contribution in [0, 0.1) is 6.92 Å². The minimum absolute atomic E-state index is 0.237. The maximum absolute atomic E-state index is 12.2. The van der Waals surface area contributed by atoms with Crippen LogP contribution in [0.15, 0.2) is 36.5 Å². The van der Waals surface area contributed by atoms with Crippen molar-refractivity contribution in [1.29, 1.82) is 0 Å². The first kappa shape index (κ1) is 14.1. The molecule has 1 aliphatic rings. The average molecular weight is 282 g/mol. The second-order valence-electron chi connectivity index (χ2n) is 6.04.